The summed E-state index contributed by atoms with van der Waals surface area (Å²) in [6, 6.07) is 11.7. The summed E-state index contributed by atoms with van der Waals surface area (Å²) in [7, 11) is 0. The summed E-state index contributed by atoms with van der Waals surface area (Å²) in [5.41, 5.74) is 3.00. The zero-order valence-electron chi connectivity index (χ0n) is 11.5. The number of esters is 1. The Morgan fingerprint density at radius 3 is 2.53 bits per heavy atom. The summed E-state index contributed by atoms with van der Waals surface area (Å²) in [4.78, 5) is 11.3. The highest BCUT2D eigenvalue weighted by atomic mass is 16.5. The van der Waals surface area contributed by atoms with Crippen LogP contribution in [-0.2, 0) is 16.1 Å². The number of benzene rings is 1. The molecular formula is C15H18N2O2. The lowest BCUT2D eigenvalue weighted by atomic mass is 10.1. The van der Waals surface area contributed by atoms with Crippen molar-refractivity contribution in [2.24, 2.45) is 0 Å². The van der Waals surface area contributed by atoms with Gasteiger partial charge in [0.1, 0.15) is 6.10 Å². The Morgan fingerprint density at radius 2 is 2.00 bits per heavy atom. The number of aryl methyl sites for hydroxylation is 2. The Bertz CT molecular complexity index is 561. The molecule has 0 unspecified atom stereocenters. The van der Waals surface area contributed by atoms with E-state index in [0.717, 1.165) is 17.0 Å². The molecule has 0 saturated carbocycles. The highest BCUT2D eigenvalue weighted by Crippen LogP contribution is 2.20. The molecule has 4 nitrogen and oxygen atoms in total. The Balaban J connectivity index is 2.24. The summed E-state index contributed by atoms with van der Waals surface area (Å²) in [6.45, 7) is 5.91. The fourth-order valence-corrected chi connectivity index (χ4v) is 2.10. The fraction of sp³-hybridized carbons (Fsp3) is 0.333. The predicted molar refractivity (Wildman–Crippen MR) is 72.7 cm³/mol. The molecule has 1 heterocycles. The van der Waals surface area contributed by atoms with Crippen molar-refractivity contribution in [2.75, 3.05) is 0 Å². The van der Waals surface area contributed by atoms with Gasteiger partial charge in [-0.3, -0.25) is 9.48 Å². The molecule has 1 atom stereocenters. The minimum atomic E-state index is -0.309. The van der Waals surface area contributed by atoms with Crippen molar-refractivity contribution in [3.63, 3.8) is 0 Å². The number of aromatic nitrogens is 2. The molecule has 0 fully saturated rings. The van der Waals surface area contributed by atoms with Crippen molar-refractivity contribution in [1.82, 2.24) is 9.78 Å². The number of carbonyl (C=O) groups excluding carboxylic acids is 1. The molecule has 100 valence electrons. The monoisotopic (exact) mass is 258 g/mol. The lowest BCUT2D eigenvalue weighted by molar-refractivity contribution is -0.147. The van der Waals surface area contributed by atoms with Gasteiger partial charge in [-0.05, 0) is 25.5 Å². The first-order valence-corrected chi connectivity index (χ1v) is 6.29. The van der Waals surface area contributed by atoms with Crippen LogP contribution in [0.2, 0.25) is 0 Å². The topological polar surface area (TPSA) is 44.1 Å². The van der Waals surface area contributed by atoms with Gasteiger partial charge in [-0.2, -0.15) is 5.10 Å². The van der Waals surface area contributed by atoms with Crippen LogP contribution in [0.5, 0.6) is 0 Å². The van der Waals surface area contributed by atoms with Gasteiger partial charge in [0, 0.05) is 12.6 Å². The van der Waals surface area contributed by atoms with Gasteiger partial charge in [0.25, 0.3) is 0 Å². The number of hydrogen-bond donors (Lipinski definition) is 0. The minimum Gasteiger partial charge on any atom is -0.456 e. The van der Waals surface area contributed by atoms with E-state index in [1.165, 1.54) is 6.92 Å². The fourth-order valence-electron chi connectivity index (χ4n) is 2.10. The van der Waals surface area contributed by atoms with Crippen LogP contribution < -0.4 is 0 Å². The Labute approximate surface area is 113 Å². The van der Waals surface area contributed by atoms with E-state index in [-0.39, 0.29) is 12.1 Å². The maximum absolute atomic E-state index is 11.3. The van der Waals surface area contributed by atoms with E-state index in [0.29, 0.717) is 6.54 Å². The number of ether oxygens (including phenoxy) is 1. The SMILES string of the molecule is CC(=O)O[C@H](Cn1nc(C)cc1C)c1ccccc1. The van der Waals surface area contributed by atoms with Gasteiger partial charge in [0.15, 0.2) is 0 Å². The number of hydrogen-bond acceptors (Lipinski definition) is 3. The Hall–Kier alpha value is -2.10. The molecule has 2 rings (SSSR count). The van der Waals surface area contributed by atoms with Gasteiger partial charge in [-0.25, -0.2) is 0 Å². The average Bonchev–Trinajstić information content (AvgIpc) is 2.67. The molecule has 4 heteroatoms. The maximum atomic E-state index is 11.3. The second-order valence-electron chi connectivity index (χ2n) is 4.62. The van der Waals surface area contributed by atoms with Gasteiger partial charge < -0.3 is 4.74 Å². The first-order chi connectivity index (χ1) is 9.06. The van der Waals surface area contributed by atoms with Gasteiger partial charge in [-0.15, -0.1) is 0 Å². The minimum absolute atomic E-state index is 0.282. The van der Waals surface area contributed by atoms with Crippen LogP contribution in [-0.4, -0.2) is 15.7 Å². The van der Waals surface area contributed by atoms with Crippen LogP contribution >= 0.6 is 0 Å². The molecule has 0 saturated heterocycles. The first-order valence-electron chi connectivity index (χ1n) is 6.29. The molecule has 0 radical (unpaired) electrons. The third kappa shape index (κ3) is 3.44. The molecule has 0 aliphatic carbocycles. The Morgan fingerprint density at radius 1 is 1.32 bits per heavy atom. The molecule has 2 aromatic rings. The summed E-state index contributed by atoms with van der Waals surface area (Å²) in [5, 5.41) is 4.41. The van der Waals surface area contributed by atoms with Crippen molar-refractivity contribution >= 4 is 5.97 Å². The van der Waals surface area contributed by atoms with Crippen LogP contribution in [0.1, 0.15) is 30.0 Å². The second kappa shape index (κ2) is 5.69. The maximum Gasteiger partial charge on any atom is 0.303 e. The molecule has 1 aromatic heterocycles. The first kappa shape index (κ1) is 13.3. The van der Waals surface area contributed by atoms with E-state index in [2.05, 4.69) is 5.10 Å². The van der Waals surface area contributed by atoms with E-state index in [1.807, 2.05) is 54.9 Å². The zero-order chi connectivity index (χ0) is 13.8. The predicted octanol–water partition coefficient (Wildman–Crippen LogP) is 2.80. The lowest BCUT2D eigenvalue weighted by Crippen LogP contribution is -2.17. The molecule has 0 bridgehead atoms. The van der Waals surface area contributed by atoms with E-state index in [1.54, 1.807) is 0 Å². The summed E-state index contributed by atoms with van der Waals surface area (Å²) >= 11 is 0. The molecule has 0 amide bonds. The van der Waals surface area contributed by atoms with Gasteiger partial charge in [0.05, 0.1) is 12.2 Å². The van der Waals surface area contributed by atoms with Crippen molar-refractivity contribution in [3.8, 4) is 0 Å². The summed E-state index contributed by atoms with van der Waals surface area (Å²) in [6.07, 6.45) is -0.309. The molecule has 19 heavy (non-hydrogen) atoms. The molecule has 0 N–H and O–H groups in total. The third-order valence-electron chi connectivity index (χ3n) is 2.92. The van der Waals surface area contributed by atoms with Crippen LogP contribution in [0, 0.1) is 13.8 Å². The van der Waals surface area contributed by atoms with Crippen LogP contribution in [0.3, 0.4) is 0 Å². The average molecular weight is 258 g/mol. The van der Waals surface area contributed by atoms with Crippen molar-refractivity contribution in [1.29, 1.82) is 0 Å². The van der Waals surface area contributed by atoms with Crippen LogP contribution in [0.15, 0.2) is 36.4 Å². The zero-order valence-corrected chi connectivity index (χ0v) is 11.5. The van der Waals surface area contributed by atoms with Crippen molar-refractivity contribution in [3.05, 3.63) is 53.3 Å². The number of carbonyl (C=O) groups is 1. The highest BCUT2D eigenvalue weighted by molar-refractivity contribution is 5.66. The van der Waals surface area contributed by atoms with Crippen LogP contribution in [0.4, 0.5) is 0 Å². The normalized spacial score (nSPS) is 12.2. The standard InChI is InChI=1S/C15H18N2O2/c1-11-9-12(2)17(16-11)10-15(19-13(3)18)14-7-5-4-6-8-14/h4-9,15H,10H2,1-3H3/t15-/m1/s1. The lowest BCUT2D eigenvalue weighted by Gasteiger charge is -2.18. The van der Waals surface area contributed by atoms with Crippen LogP contribution in [0.25, 0.3) is 0 Å². The summed E-state index contributed by atoms with van der Waals surface area (Å²) < 4.78 is 7.28. The van der Waals surface area contributed by atoms with E-state index in [9.17, 15) is 4.79 Å². The summed E-state index contributed by atoms with van der Waals surface area (Å²) in [5.74, 6) is -0.282. The molecule has 0 aliphatic heterocycles. The highest BCUT2D eigenvalue weighted by Gasteiger charge is 2.16. The van der Waals surface area contributed by atoms with Gasteiger partial charge >= 0.3 is 5.97 Å². The molecule has 0 spiro atoms. The van der Waals surface area contributed by atoms with Crippen molar-refractivity contribution in [2.45, 2.75) is 33.4 Å². The number of rotatable bonds is 4. The van der Waals surface area contributed by atoms with Gasteiger partial charge in [-0.1, -0.05) is 30.3 Å². The van der Waals surface area contributed by atoms with E-state index >= 15 is 0 Å². The quantitative estimate of drug-likeness (QED) is 0.792. The Kier molecular flexibility index (Phi) is 4.00. The number of nitrogens with zero attached hydrogens (tertiary/aromatic N) is 2. The van der Waals surface area contributed by atoms with Crippen molar-refractivity contribution < 1.29 is 9.53 Å². The van der Waals surface area contributed by atoms with E-state index in [4.69, 9.17) is 4.74 Å². The largest absolute Gasteiger partial charge is 0.456 e. The van der Waals surface area contributed by atoms with Gasteiger partial charge in [0.2, 0.25) is 0 Å². The smallest absolute Gasteiger partial charge is 0.303 e. The molecular weight excluding hydrogens is 240 g/mol. The van der Waals surface area contributed by atoms with E-state index < -0.39 is 0 Å². The molecule has 0 aliphatic rings. The second-order valence-corrected chi connectivity index (χ2v) is 4.62. The molecule has 1 aromatic carbocycles. The third-order valence-corrected chi connectivity index (χ3v) is 2.92.